The number of amides is 1. The van der Waals surface area contributed by atoms with Crippen molar-refractivity contribution in [1.82, 2.24) is 5.32 Å². The maximum absolute atomic E-state index is 11.4. The van der Waals surface area contributed by atoms with E-state index in [1.807, 2.05) is 0 Å². The molecule has 0 rings (SSSR count). The molecule has 0 spiro atoms. The first-order chi connectivity index (χ1) is 10.7. The molecule has 8 nitrogen and oxygen atoms in total. The molecule has 22 heavy (non-hydrogen) atoms. The minimum absolute atomic E-state index is 0.0163. The first-order valence-corrected chi connectivity index (χ1v) is 7.38. The van der Waals surface area contributed by atoms with E-state index in [0.717, 1.165) is 6.42 Å². The Kier molecular flexibility index (Phi) is 15.3. The molecule has 0 aliphatic carbocycles. The molecule has 0 aliphatic heterocycles. The molecule has 0 radical (unpaired) electrons. The highest BCUT2D eigenvalue weighted by Crippen LogP contribution is 1.94. The van der Waals surface area contributed by atoms with Crippen molar-refractivity contribution in [3.05, 3.63) is 0 Å². The second kappa shape index (κ2) is 16.2. The van der Waals surface area contributed by atoms with E-state index in [1.165, 1.54) is 0 Å². The normalized spacial score (nSPS) is 10.5. The van der Waals surface area contributed by atoms with Crippen LogP contribution >= 0.6 is 0 Å². The molecule has 0 aromatic heterocycles. The fourth-order valence-corrected chi connectivity index (χ4v) is 1.42. The van der Waals surface area contributed by atoms with E-state index in [-0.39, 0.29) is 45.2 Å². The van der Waals surface area contributed by atoms with E-state index in [9.17, 15) is 9.59 Å². The molecule has 8 heteroatoms. The van der Waals surface area contributed by atoms with Gasteiger partial charge in [-0.05, 0) is 6.42 Å². The van der Waals surface area contributed by atoms with Gasteiger partial charge in [0.25, 0.3) is 0 Å². The molecule has 0 atom stereocenters. The van der Waals surface area contributed by atoms with Gasteiger partial charge in [-0.1, -0.05) is 0 Å². The topological polar surface area (TPSA) is 103 Å². The van der Waals surface area contributed by atoms with E-state index in [2.05, 4.69) is 5.32 Å². The van der Waals surface area contributed by atoms with Crippen LogP contribution in [0.4, 0.5) is 0 Å². The molecular formula is C14H27NO7. The van der Waals surface area contributed by atoms with Crippen LogP contribution in [0.5, 0.6) is 0 Å². The summed E-state index contributed by atoms with van der Waals surface area (Å²) in [4.78, 5) is 22.8. The highest BCUT2D eigenvalue weighted by atomic mass is 16.6. The SMILES string of the molecule is COCCCNC(=O)CCC(=O)OCCOCCOCCO. The zero-order chi connectivity index (χ0) is 16.5. The predicted molar refractivity (Wildman–Crippen MR) is 78.4 cm³/mol. The number of rotatable bonds is 15. The number of hydrogen-bond donors (Lipinski definition) is 2. The summed E-state index contributed by atoms with van der Waals surface area (Å²) in [6, 6.07) is 0. The van der Waals surface area contributed by atoms with E-state index in [1.54, 1.807) is 7.11 Å². The summed E-state index contributed by atoms with van der Waals surface area (Å²) < 4.78 is 19.9. The number of nitrogens with one attached hydrogen (secondary N) is 1. The van der Waals surface area contributed by atoms with Crippen LogP contribution in [-0.2, 0) is 28.5 Å². The van der Waals surface area contributed by atoms with Gasteiger partial charge in [0, 0.05) is 26.7 Å². The summed E-state index contributed by atoms with van der Waals surface area (Å²) in [6.07, 6.45) is 0.906. The fraction of sp³-hybridized carbons (Fsp3) is 0.857. The monoisotopic (exact) mass is 321 g/mol. The van der Waals surface area contributed by atoms with Gasteiger partial charge in [-0.15, -0.1) is 0 Å². The van der Waals surface area contributed by atoms with Crippen molar-refractivity contribution >= 4 is 11.9 Å². The van der Waals surface area contributed by atoms with Crippen molar-refractivity contribution in [2.24, 2.45) is 0 Å². The number of aliphatic hydroxyl groups is 1. The number of methoxy groups -OCH3 is 1. The minimum atomic E-state index is -0.424. The molecule has 0 heterocycles. The Morgan fingerprint density at radius 2 is 1.64 bits per heavy atom. The average Bonchev–Trinajstić information content (AvgIpc) is 2.52. The third-order valence-corrected chi connectivity index (χ3v) is 2.50. The van der Waals surface area contributed by atoms with Crippen LogP contribution in [0, 0.1) is 0 Å². The predicted octanol–water partition coefficient (Wildman–Crippen LogP) is -0.512. The van der Waals surface area contributed by atoms with Gasteiger partial charge in [0.15, 0.2) is 0 Å². The molecule has 0 aromatic carbocycles. The van der Waals surface area contributed by atoms with E-state index < -0.39 is 5.97 Å². The Balaban J connectivity index is 3.33. The third kappa shape index (κ3) is 15.2. The minimum Gasteiger partial charge on any atom is -0.463 e. The molecule has 0 saturated carbocycles. The number of aliphatic hydroxyl groups excluding tert-OH is 1. The molecule has 0 unspecified atom stereocenters. The molecule has 0 aliphatic rings. The van der Waals surface area contributed by atoms with Gasteiger partial charge in [-0.2, -0.15) is 0 Å². The summed E-state index contributed by atoms with van der Waals surface area (Å²) in [5.74, 6) is -0.600. The lowest BCUT2D eigenvalue weighted by atomic mass is 10.3. The second-order valence-electron chi connectivity index (χ2n) is 4.37. The fourth-order valence-electron chi connectivity index (χ4n) is 1.42. The summed E-state index contributed by atoms with van der Waals surface area (Å²) in [6.45, 7) is 2.58. The number of carbonyl (C=O) groups is 2. The van der Waals surface area contributed by atoms with Crippen LogP contribution in [0.1, 0.15) is 19.3 Å². The highest BCUT2D eigenvalue weighted by Gasteiger charge is 2.07. The van der Waals surface area contributed by atoms with E-state index in [4.69, 9.17) is 24.1 Å². The van der Waals surface area contributed by atoms with Gasteiger partial charge in [0.05, 0.1) is 39.5 Å². The number of ether oxygens (including phenoxy) is 4. The van der Waals surface area contributed by atoms with Crippen LogP contribution in [0.3, 0.4) is 0 Å². The van der Waals surface area contributed by atoms with Gasteiger partial charge >= 0.3 is 5.97 Å². The number of esters is 1. The van der Waals surface area contributed by atoms with Crippen molar-refractivity contribution in [3.8, 4) is 0 Å². The first-order valence-electron chi connectivity index (χ1n) is 7.38. The zero-order valence-electron chi connectivity index (χ0n) is 13.2. The van der Waals surface area contributed by atoms with Gasteiger partial charge in [0.1, 0.15) is 6.61 Å². The third-order valence-electron chi connectivity index (χ3n) is 2.50. The second-order valence-corrected chi connectivity index (χ2v) is 4.37. The van der Waals surface area contributed by atoms with Gasteiger partial charge in [-0.25, -0.2) is 0 Å². The molecule has 0 aromatic rings. The van der Waals surface area contributed by atoms with Crippen molar-refractivity contribution in [3.63, 3.8) is 0 Å². The lowest BCUT2D eigenvalue weighted by molar-refractivity contribution is -0.146. The van der Waals surface area contributed by atoms with Crippen molar-refractivity contribution < 1.29 is 33.6 Å². The summed E-state index contributed by atoms with van der Waals surface area (Å²) >= 11 is 0. The lowest BCUT2D eigenvalue weighted by Gasteiger charge is -2.07. The quantitative estimate of drug-likeness (QED) is 0.309. The molecule has 2 N–H and O–H groups in total. The van der Waals surface area contributed by atoms with Crippen LogP contribution in [-0.4, -0.2) is 76.9 Å². The summed E-state index contributed by atoms with van der Waals surface area (Å²) in [7, 11) is 1.60. The van der Waals surface area contributed by atoms with Gasteiger partial charge in [0.2, 0.25) is 5.91 Å². The van der Waals surface area contributed by atoms with Gasteiger partial charge < -0.3 is 29.4 Å². The van der Waals surface area contributed by atoms with E-state index >= 15 is 0 Å². The van der Waals surface area contributed by atoms with Crippen molar-refractivity contribution in [1.29, 1.82) is 0 Å². The largest absolute Gasteiger partial charge is 0.463 e. The average molecular weight is 321 g/mol. The maximum Gasteiger partial charge on any atom is 0.306 e. The molecule has 0 bridgehead atoms. The maximum atomic E-state index is 11.4. The number of carbonyl (C=O) groups excluding carboxylic acids is 2. The van der Waals surface area contributed by atoms with Crippen molar-refractivity contribution in [2.45, 2.75) is 19.3 Å². The van der Waals surface area contributed by atoms with Gasteiger partial charge in [-0.3, -0.25) is 9.59 Å². The Bertz CT molecular complexity index is 286. The Hall–Kier alpha value is -1.22. The lowest BCUT2D eigenvalue weighted by Crippen LogP contribution is -2.26. The summed E-state index contributed by atoms with van der Waals surface area (Å²) in [5.41, 5.74) is 0. The van der Waals surface area contributed by atoms with Crippen molar-refractivity contribution in [2.75, 3.05) is 59.9 Å². The Morgan fingerprint density at radius 1 is 0.955 bits per heavy atom. The Morgan fingerprint density at radius 3 is 2.32 bits per heavy atom. The molecule has 130 valence electrons. The van der Waals surface area contributed by atoms with E-state index in [0.29, 0.717) is 26.4 Å². The van der Waals surface area contributed by atoms with Crippen LogP contribution < -0.4 is 5.32 Å². The standard InChI is InChI=1S/C14H27NO7/c1-19-7-2-5-15-13(17)3-4-14(18)22-12-11-21-10-9-20-8-6-16/h16H,2-12H2,1H3,(H,15,17). The molecule has 1 amide bonds. The van der Waals surface area contributed by atoms with Crippen LogP contribution in [0.15, 0.2) is 0 Å². The van der Waals surface area contributed by atoms with Crippen LogP contribution in [0.2, 0.25) is 0 Å². The summed E-state index contributed by atoms with van der Waals surface area (Å²) in [5, 5.41) is 11.2. The number of hydrogen-bond acceptors (Lipinski definition) is 7. The zero-order valence-corrected chi connectivity index (χ0v) is 13.2. The van der Waals surface area contributed by atoms with Crippen LogP contribution in [0.25, 0.3) is 0 Å². The smallest absolute Gasteiger partial charge is 0.306 e. The first kappa shape index (κ1) is 20.8. The highest BCUT2D eigenvalue weighted by molar-refractivity contribution is 5.81. The molecular weight excluding hydrogens is 294 g/mol. The molecule has 0 fully saturated rings. The molecule has 0 saturated heterocycles. The Labute approximate surface area is 131 Å².